The van der Waals surface area contributed by atoms with Crippen LogP contribution in [-0.4, -0.2) is 89.0 Å². The van der Waals surface area contributed by atoms with Crippen LogP contribution in [0.3, 0.4) is 0 Å². The minimum atomic E-state index is -0.888. The Morgan fingerprint density at radius 3 is 2.17 bits per heavy atom. The Bertz CT molecular complexity index is 2070. The second-order valence-corrected chi connectivity index (χ2v) is 15.9. The fourth-order valence-electron chi connectivity index (χ4n) is 8.58. The van der Waals surface area contributed by atoms with Crippen molar-refractivity contribution in [3.8, 4) is 0 Å². The maximum atomic E-state index is 14.5. The van der Waals surface area contributed by atoms with Crippen LogP contribution < -0.4 is 10.2 Å². The van der Waals surface area contributed by atoms with Gasteiger partial charge in [0.25, 0.3) is 0 Å². The standard InChI is InChI=1S/C43H53N11O4/c1-4-9-33(34(40-46-50-51-47-40)23-28-13-16-30(17-14-28)32-12-8-20-44-26-32)43(57)58-37-19-21-54(39(37)31-10-6-5-7-11-31)38-18-15-29(25-45-38)24-35(41-48-52-53-49-41)36(42(55)56)22-27(2)3/h5-7,10-18,25,27,33-37,39,44H,4,8-9,19-24,26H2,1-3H3,(H,55,56)(H,46,47,50,51)(H,48,49,52,53). The summed E-state index contributed by atoms with van der Waals surface area (Å²) < 4.78 is 6.57. The van der Waals surface area contributed by atoms with Crippen LogP contribution in [0.1, 0.15) is 105 Å². The molecule has 1 saturated heterocycles. The first-order valence-electron chi connectivity index (χ1n) is 20.4. The Kier molecular flexibility index (Phi) is 13.3. The van der Waals surface area contributed by atoms with Crippen LogP contribution in [0, 0.1) is 17.8 Å². The van der Waals surface area contributed by atoms with E-state index in [0.717, 1.165) is 48.4 Å². The van der Waals surface area contributed by atoms with Crippen molar-refractivity contribution in [2.24, 2.45) is 17.8 Å². The molecule has 3 aromatic heterocycles. The molecule has 0 bridgehead atoms. The molecular formula is C43H53N11O4. The van der Waals surface area contributed by atoms with Gasteiger partial charge >= 0.3 is 11.9 Å². The van der Waals surface area contributed by atoms with Gasteiger partial charge in [0.2, 0.25) is 0 Å². The van der Waals surface area contributed by atoms with E-state index < -0.39 is 29.8 Å². The monoisotopic (exact) mass is 787 g/mol. The molecule has 15 nitrogen and oxygen atoms in total. The van der Waals surface area contributed by atoms with Crippen molar-refractivity contribution in [2.45, 2.75) is 89.7 Å². The maximum absolute atomic E-state index is 14.5. The maximum Gasteiger partial charge on any atom is 0.310 e. The van der Waals surface area contributed by atoms with Crippen molar-refractivity contribution >= 4 is 23.3 Å². The van der Waals surface area contributed by atoms with Gasteiger partial charge in [-0.1, -0.05) is 104 Å². The summed E-state index contributed by atoms with van der Waals surface area (Å²) in [7, 11) is 0. The lowest BCUT2D eigenvalue weighted by Crippen LogP contribution is -2.34. The number of aliphatic carboxylic acids is 1. The first-order chi connectivity index (χ1) is 28.3. The summed E-state index contributed by atoms with van der Waals surface area (Å²) in [6.45, 7) is 8.57. The highest BCUT2D eigenvalue weighted by molar-refractivity contribution is 5.74. The SMILES string of the molecule is CCCC(C(=O)OC1CCN(c2ccc(CC(c3nn[nH]n3)C(CC(C)C)C(=O)O)cn2)C1c1ccccc1)C(Cc1ccc(C2=CCCNC2)cc1)c1nn[nH]n1. The number of nitrogens with one attached hydrogen (secondary N) is 3. The molecule has 2 aliphatic rings. The average Bonchev–Trinajstić information content (AvgIpc) is 4.06. The molecule has 2 aromatic carbocycles. The van der Waals surface area contributed by atoms with Gasteiger partial charge in [-0.3, -0.25) is 9.59 Å². The number of tetrazole rings is 2. The molecule has 6 unspecified atom stereocenters. The van der Waals surface area contributed by atoms with E-state index in [1.807, 2.05) is 44.2 Å². The lowest BCUT2D eigenvalue weighted by Gasteiger charge is -2.31. The van der Waals surface area contributed by atoms with E-state index in [1.54, 1.807) is 6.20 Å². The predicted molar refractivity (Wildman–Crippen MR) is 217 cm³/mol. The number of carboxylic acids is 1. The molecule has 0 radical (unpaired) electrons. The first-order valence-corrected chi connectivity index (χ1v) is 20.4. The van der Waals surface area contributed by atoms with Crippen molar-refractivity contribution in [1.29, 1.82) is 0 Å². The predicted octanol–water partition coefficient (Wildman–Crippen LogP) is 5.86. The van der Waals surface area contributed by atoms with E-state index in [1.165, 1.54) is 11.1 Å². The van der Waals surface area contributed by atoms with Gasteiger partial charge in [0.15, 0.2) is 11.6 Å². The van der Waals surface area contributed by atoms with E-state index in [4.69, 9.17) is 9.72 Å². The van der Waals surface area contributed by atoms with Gasteiger partial charge in [-0.05, 0) is 78.5 Å². The number of carboxylic acid groups (broad SMARTS) is 1. The zero-order valence-corrected chi connectivity index (χ0v) is 33.4. The number of aromatic amines is 2. The number of rotatable bonds is 18. The summed E-state index contributed by atoms with van der Waals surface area (Å²) in [5.74, 6) is -1.39. The third kappa shape index (κ3) is 9.64. The van der Waals surface area contributed by atoms with Crippen LogP contribution in [0.25, 0.3) is 5.57 Å². The third-order valence-corrected chi connectivity index (χ3v) is 11.4. The second kappa shape index (κ2) is 19.1. The van der Waals surface area contributed by atoms with Crippen molar-refractivity contribution in [2.75, 3.05) is 24.5 Å². The Morgan fingerprint density at radius 1 is 0.897 bits per heavy atom. The lowest BCUT2D eigenvalue weighted by molar-refractivity contribution is -0.155. The summed E-state index contributed by atoms with van der Waals surface area (Å²) in [6.07, 6.45) is 8.09. The normalized spacial score (nSPS) is 19.0. The van der Waals surface area contributed by atoms with Crippen LogP contribution in [0.5, 0.6) is 0 Å². The number of hydrogen-bond acceptors (Lipinski definition) is 12. The summed E-state index contributed by atoms with van der Waals surface area (Å²) >= 11 is 0. The Balaban J connectivity index is 1.10. The van der Waals surface area contributed by atoms with E-state index in [2.05, 4.69) is 101 Å². The highest BCUT2D eigenvalue weighted by Crippen LogP contribution is 2.40. The van der Waals surface area contributed by atoms with Crippen molar-refractivity contribution < 1.29 is 19.4 Å². The number of hydrogen-bond donors (Lipinski definition) is 4. The molecule has 5 heterocycles. The lowest BCUT2D eigenvalue weighted by atomic mass is 9.81. The first kappa shape index (κ1) is 40.4. The highest BCUT2D eigenvalue weighted by Gasteiger charge is 2.42. The number of H-pyrrole nitrogens is 2. The number of carbonyl (C=O) groups excluding carboxylic acids is 1. The molecule has 0 saturated carbocycles. The van der Waals surface area contributed by atoms with Gasteiger partial charge in [-0.25, -0.2) is 4.98 Å². The van der Waals surface area contributed by atoms with Crippen molar-refractivity contribution in [1.82, 2.24) is 51.5 Å². The zero-order chi connectivity index (χ0) is 40.4. The van der Waals surface area contributed by atoms with Gasteiger partial charge in [0.05, 0.1) is 17.9 Å². The van der Waals surface area contributed by atoms with E-state index >= 15 is 0 Å². The minimum Gasteiger partial charge on any atom is -0.481 e. The molecule has 0 aliphatic carbocycles. The molecule has 15 heteroatoms. The van der Waals surface area contributed by atoms with Gasteiger partial charge < -0.3 is 20.1 Å². The molecule has 6 atom stereocenters. The fraction of sp³-hybridized carbons (Fsp3) is 0.465. The molecule has 1 fully saturated rings. The smallest absolute Gasteiger partial charge is 0.310 e. The molecule has 304 valence electrons. The number of anilines is 1. The highest BCUT2D eigenvalue weighted by atomic mass is 16.5. The second-order valence-electron chi connectivity index (χ2n) is 15.9. The number of pyridine rings is 1. The molecule has 0 amide bonds. The number of benzene rings is 2. The Labute approximate surface area is 338 Å². The van der Waals surface area contributed by atoms with Gasteiger partial charge in [-0.2, -0.15) is 10.4 Å². The van der Waals surface area contributed by atoms with Crippen LogP contribution in [0.2, 0.25) is 0 Å². The molecule has 5 aromatic rings. The topological polar surface area (TPSA) is 201 Å². The van der Waals surface area contributed by atoms with Crippen molar-refractivity contribution in [3.05, 3.63) is 113 Å². The number of carbonyl (C=O) groups is 2. The van der Waals surface area contributed by atoms with Crippen LogP contribution in [0.15, 0.2) is 79.0 Å². The average molecular weight is 788 g/mol. The molecule has 7 rings (SSSR count). The van der Waals surface area contributed by atoms with Crippen LogP contribution >= 0.6 is 0 Å². The summed E-state index contributed by atoms with van der Waals surface area (Å²) in [6, 6.07) is 22.3. The summed E-state index contributed by atoms with van der Waals surface area (Å²) in [5, 5.41) is 43.4. The van der Waals surface area contributed by atoms with Crippen molar-refractivity contribution in [3.63, 3.8) is 0 Å². The molecule has 2 aliphatic heterocycles. The minimum absolute atomic E-state index is 0.171. The number of nitrogens with zero attached hydrogens (tertiary/aromatic N) is 8. The number of aromatic nitrogens is 9. The van der Waals surface area contributed by atoms with Crippen LogP contribution in [0.4, 0.5) is 5.82 Å². The molecule has 4 N–H and O–H groups in total. The number of esters is 1. The fourth-order valence-corrected chi connectivity index (χ4v) is 8.58. The molecule has 58 heavy (non-hydrogen) atoms. The Morgan fingerprint density at radius 2 is 1.59 bits per heavy atom. The third-order valence-electron chi connectivity index (χ3n) is 11.4. The molecule has 0 spiro atoms. The van der Waals surface area contributed by atoms with Gasteiger partial charge in [-0.15, -0.1) is 20.4 Å². The quantitative estimate of drug-likeness (QED) is 0.0770. The van der Waals surface area contributed by atoms with Gasteiger partial charge in [0.1, 0.15) is 11.9 Å². The Hall–Kier alpha value is -5.83. The summed E-state index contributed by atoms with van der Waals surface area (Å²) in [5.41, 5.74) is 5.45. The van der Waals surface area contributed by atoms with Gasteiger partial charge in [0, 0.05) is 37.5 Å². The molecular weight excluding hydrogens is 735 g/mol. The van der Waals surface area contributed by atoms with E-state index in [-0.39, 0.29) is 23.8 Å². The van der Waals surface area contributed by atoms with E-state index in [9.17, 15) is 14.7 Å². The zero-order valence-electron chi connectivity index (χ0n) is 33.4. The summed E-state index contributed by atoms with van der Waals surface area (Å²) in [4.78, 5) is 34.0. The largest absolute Gasteiger partial charge is 0.481 e. The van der Waals surface area contributed by atoms with E-state index in [0.29, 0.717) is 50.3 Å². The number of ether oxygens (including phenoxy) is 1. The van der Waals surface area contributed by atoms with Crippen LogP contribution in [-0.2, 0) is 27.2 Å².